The van der Waals surface area contributed by atoms with Crippen molar-refractivity contribution < 1.29 is 4.39 Å². The fourth-order valence-corrected chi connectivity index (χ4v) is 2.31. The van der Waals surface area contributed by atoms with Gasteiger partial charge in [-0.05, 0) is 48.6 Å². The molecule has 1 atom stereocenters. The highest BCUT2D eigenvalue weighted by molar-refractivity contribution is 6.30. The molecular formula is C16H17ClFN. The summed E-state index contributed by atoms with van der Waals surface area (Å²) >= 11 is 5.86. The summed E-state index contributed by atoms with van der Waals surface area (Å²) in [4.78, 5) is 0. The van der Waals surface area contributed by atoms with Gasteiger partial charge >= 0.3 is 0 Å². The second-order valence-electron chi connectivity index (χ2n) is 4.65. The topological polar surface area (TPSA) is 26.0 Å². The van der Waals surface area contributed by atoms with Gasteiger partial charge in [-0.2, -0.15) is 0 Å². The average molecular weight is 278 g/mol. The third kappa shape index (κ3) is 4.05. The van der Waals surface area contributed by atoms with Crippen molar-refractivity contribution >= 4 is 11.6 Å². The van der Waals surface area contributed by atoms with E-state index in [1.807, 2.05) is 30.3 Å². The van der Waals surface area contributed by atoms with Crippen LogP contribution < -0.4 is 5.73 Å². The minimum absolute atomic E-state index is 0.00319. The Labute approximate surface area is 118 Å². The van der Waals surface area contributed by atoms with E-state index in [2.05, 4.69) is 0 Å². The van der Waals surface area contributed by atoms with Crippen LogP contribution >= 0.6 is 11.6 Å². The normalized spacial score (nSPS) is 12.4. The van der Waals surface area contributed by atoms with E-state index in [9.17, 15) is 4.39 Å². The maximum absolute atomic E-state index is 13.5. The molecule has 0 saturated heterocycles. The fraction of sp³-hybridized carbons (Fsp3) is 0.250. The molecule has 0 fully saturated rings. The van der Waals surface area contributed by atoms with Gasteiger partial charge in [0, 0.05) is 11.1 Å². The first-order valence-corrected chi connectivity index (χ1v) is 6.79. The molecule has 2 aromatic rings. The lowest BCUT2D eigenvalue weighted by Gasteiger charge is -2.12. The van der Waals surface area contributed by atoms with Crippen molar-refractivity contribution in [3.63, 3.8) is 0 Å². The van der Waals surface area contributed by atoms with Gasteiger partial charge in [-0.25, -0.2) is 4.39 Å². The standard InChI is InChI=1S/C16H17ClFN/c17-14-9-10-15(18)13(11-14)7-4-8-16(19)12-5-2-1-3-6-12/h1-3,5-6,9-11,16H,4,7-8,19H2. The van der Waals surface area contributed by atoms with E-state index < -0.39 is 0 Å². The SMILES string of the molecule is NC(CCCc1cc(Cl)ccc1F)c1ccccc1. The molecule has 3 heteroatoms. The van der Waals surface area contributed by atoms with E-state index in [-0.39, 0.29) is 11.9 Å². The maximum Gasteiger partial charge on any atom is 0.126 e. The molecule has 0 heterocycles. The van der Waals surface area contributed by atoms with Gasteiger partial charge in [0.25, 0.3) is 0 Å². The first kappa shape index (κ1) is 14.0. The Hall–Kier alpha value is -1.38. The number of rotatable bonds is 5. The first-order chi connectivity index (χ1) is 9.16. The zero-order valence-corrected chi connectivity index (χ0v) is 11.4. The van der Waals surface area contributed by atoms with E-state index in [4.69, 9.17) is 17.3 Å². The molecule has 0 aromatic heterocycles. The Kier molecular flexibility index (Phi) is 4.94. The summed E-state index contributed by atoms with van der Waals surface area (Å²) in [5.74, 6) is -0.197. The monoisotopic (exact) mass is 277 g/mol. The van der Waals surface area contributed by atoms with E-state index in [1.54, 1.807) is 12.1 Å². The Morgan fingerprint density at radius 3 is 2.58 bits per heavy atom. The summed E-state index contributed by atoms with van der Waals surface area (Å²) in [6.07, 6.45) is 2.33. The molecule has 0 amide bonds. The van der Waals surface area contributed by atoms with Crippen LogP contribution in [-0.2, 0) is 6.42 Å². The lowest BCUT2D eigenvalue weighted by Crippen LogP contribution is -2.10. The number of benzene rings is 2. The lowest BCUT2D eigenvalue weighted by molar-refractivity contribution is 0.578. The smallest absolute Gasteiger partial charge is 0.126 e. The molecule has 2 N–H and O–H groups in total. The third-order valence-corrected chi connectivity index (χ3v) is 3.43. The molecule has 0 bridgehead atoms. The summed E-state index contributed by atoms with van der Waals surface area (Å²) in [5.41, 5.74) is 7.89. The highest BCUT2D eigenvalue weighted by Crippen LogP contribution is 2.20. The summed E-state index contributed by atoms with van der Waals surface area (Å²) < 4.78 is 13.5. The average Bonchev–Trinajstić information content (AvgIpc) is 2.43. The molecule has 100 valence electrons. The zero-order valence-electron chi connectivity index (χ0n) is 10.7. The van der Waals surface area contributed by atoms with Gasteiger partial charge in [0.05, 0.1) is 0 Å². The van der Waals surface area contributed by atoms with Crippen molar-refractivity contribution in [2.24, 2.45) is 5.73 Å². The van der Waals surface area contributed by atoms with Crippen molar-refractivity contribution in [3.8, 4) is 0 Å². The van der Waals surface area contributed by atoms with Crippen LogP contribution in [0.15, 0.2) is 48.5 Å². The van der Waals surface area contributed by atoms with Crippen molar-refractivity contribution in [1.82, 2.24) is 0 Å². The Bertz CT molecular complexity index is 528. The molecule has 2 rings (SSSR count). The highest BCUT2D eigenvalue weighted by Gasteiger charge is 2.07. The molecule has 2 aromatic carbocycles. The number of nitrogens with two attached hydrogens (primary N) is 1. The van der Waals surface area contributed by atoms with Crippen LogP contribution in [0.5, 0.6) is 0 Å². The zero-order chi connectivity index (χ0) is 13.7. The number of hydrogen-bond donors (Lipinski definition) is 1. The number of aryl methyl sites for hydroxylation is 1. The fourth-order valence-electron chi connectivity index (χ4n) is 2.11. The molecule has 1 nitrogen and oxygen atoms in total. The Morgan fingerprint density at radius 2 is 1.84 bits per heavy atom. The van der Waals surface area contributed by atoms with E-state index in [1.165, 1.54) is 6.07 Å². The van der Waals surface area contributed by atoms with E-state index in [0.717, 1.165) is 18.4 Å². The van der Waals surface area contributed by atoms with Crippen molar-refractivity contribution in [2.75, 3.05) is 0 Å². The third-order valence-electron chi connectivity index (χ3n) is 3.20. The molecule has 0 aliphatic heterocycles. The van der Waals surface area contributed by atoms with Gasteiger partial charge < -0.3 is 5.73 Å². The van der Waals surface area contributed by atoms with Gasteiger partial charge in [0.1, 0.15) is 5.82 Å². The van der Waals surface area contributed by atoms with Gasteiger partial charge in [-0.1, -0.05) is 41.9 Å². The van der Waals surface area contributed by atoms with Crippen LogP contribution in [-0.4, -0.2) is 0 Å². The van der Waals surface area contributed by atoms with Gasteiger partial charge in [0.2, 0.25) is 0 Å². The highest BCUT2D eigenvalue weighted by atomic mass is 35.5. The second-order valence-corrected chi connectivity index (χ2v) is 5.08. The number of halogens is 2. The predicted octanol–water partition coefficient (Wildman–Crippen LogP) is 4.50. The lowest BCUT2D eigenvalue weighted by atomic mass is 10.00. The van der Waals surface area contributed by atoms with E-state index in [0.29, 0.717) is 17.0 Å². The maximum atomic E-state index is 13.5. The van der Waals surface area contributed by atoms with E-state index >= 15 is 0 Å². The van der Waals surface area contributed by atoms with Crippen LogP contribution in [0.3, 0.4) is 0 Å². The second kappa shape index (κ2) is 6.69. The minimum Gasteiger partial charge on any atom is -0.324 e. The van der Waals surface area contributed by atoms with Crippen LogP contribution in [0.1, 0.15) is 30.0 Å². The summed E-state index contributed by atoms with van der Waals surface area (Å²) in [5, 5.41) is 0.573. The Morgan fingerprint density at radius 1 is 1.11 bits per heavy atom. The van der Waals surface area contributed by atoms with Crippen LogP contribution in [0.4, 0.5) is 4.39 Å². The minimum atomic E-state index is -0.197. The molecule has 0 radical (unpaired) electrons. The summed E-state index contributed by atoms with van der Waals surface area (Å²) in [6, 6.07) is 14.6. The van der Waals surface area contributed by atoms with Crippen molar-refractivity contribution in [3.05, 3.63) is 70.5 Å². The van der Waals surface area contributed by atoms with Crippen molar-refractivity contribution in [1.29, 1.82) is 0 Å². The number of hydrogen-bond acceptors (Lipinski definition) is 1. The Balaban J connectivity index is 1.88. The van der Waals surface area contributed by atoms with Gasteiger partial charge in [-0.3, -0.25) is 0 Å². The van der Waals surface area contributed by atoms with Crippen molar-refractivity contribution in [2.45, 2.75) is 25.3 Å². The molecular weight excluding hydrogens is 261 g/mol. The molecule has 0 aliphatic rings. The molecule has 19 heavy (non-hydrogen) atoms. The predicted molar refractivity (Wildman–Crippen MR) is 77.7 cm³/mol. The largest absolute Gasteiger partial charge is 0.324 e. The van der Waals surface area contributed by atoms with Crippen LogP contribution in [0, 0.1) is 5.82 Å². The van der Waals surface area contributed by atoms with Crippen LogP contribution in [0.2, 0.25) is 5.02 Å². The molecule has 0 saturated carbocycles. The molecule has 0 spiro atoms. The first-order valence-electron chi connectivity index (χ1n) is 6.41. The molecule has 1 unspecified atom stereocenters. The van der Waals surface area contributed by atoms with Crippen LogP contribution in [0.25, 0.3) is 0 Å². The molecule has 0 aliphatic carbocycles. The quantitative estimate of drug-likeness (QED) is 0.855. The summed E-state index contributed by atoms with van der Waals surface area (Å²) in [7, 11) is 0. The summed E-state index contributed by atoms with van der Waals surface area (Å²) in [6.45, 7) is 0. The van der Waals surface area contributed by atoms with Gasteiger partial charge in [0.15, 0.2) is 0 Å². The van der Waals surface area contributed by atoms with Gasteiger partial charge in [-0.15, -0.1) is 0 Å².